The van der Waals surface area contributed by atoms with Gasteiger partial charge in [-0.05, 0) is 48.2 Å². The predicted octanol–water partition coefficient (Wildman–Crippen LogP) is 6.49. The number of anilines is 1. The molecule has 168 valence electrons. The number of hydrogen-bond donors (Lipinski definition) is 2. The first-order valence-electron chi connectivity index (χ1n) is 9.46. The summed E-state index contributed by atoms with van der Waals surface area (Å²) < 4.78 is 40.6. The average molecular weight is 476 g/mol. The molecule has 0 aliphatic heterocycles. The molecule has 9 heteroatoms. The van der Waals surface area contributed by atoms with E-state index in [1.165, 1.54) is 37.3 Å². The number of hydrogen-bond acceptors (Lipinski definition) is 2. The average Bonchev–Trinajstić information content (AvgIpc) is 2.68. The summed E-state index contributed by atoms with van der Waals surface area (Å²) in [4.78, 5) is 24.2. The van der Waals surface area contributed by atoms with Crippen molar-refractivity contribution in [3.05, 3.63) is 63.1 Å². The summed E-state index contributed by atoms with van der Waals surface area (Å²) in [6.45, 7) is 4.12. The molecule has 0 bridgehead atoms. The summed E-state index contributed by atoms with van der Waals surface area (Å²) >= 11 is 12.1. The van der Waals surface area contributed by atoms with E-state index in [0.29, 0.717) is 16.1 Å². The molecule has 1 unspecified atom stereocenters. The van der Waals surface area contributed by atoms with Crippen molar-refractivity contribution < 1.29 is 27.9 Å². The van der Waals surface area contributed by atoms with Gasteiger partial charge in [0.1, 0.15) is 0 Å². The number of aliphatic carboxylic acids is 1. The van der Waals surface area contributed by atoms with Gasteiger partial charge in [0, 0.05) is 5.02 Å². The van der Waals surface area contributed by atoms with Crippen LogP contribution >= 0.6 is 23.2 Å². The largest absolute Gasteiger partial charge is 0.481 e. The van der Waals surface area contributed by atoms with Crippen LogP contribution in [0.5, 0.6) is 0 Å². The van der Waals surface area contributed by atoms with Gasteiger partial charge in [0.05, 0.1) is 28.5 Å². The minimum atomic E-state index is -4.61. The smallest absolute Gasteiger partial charge is 0.392 e. The SMILES string of the molecule is Cc1c(C[C@H](C)C(=O)O)ccc(Cl)c1NC(=O)[C@H](c1ccc(Cl)cc1)C(C)C(F)(F)F. The van der Waals surface area contributed by atoms with Crippen molar-refractivity contribution in [2.45, 2.75) is 39.3 Å². The minimum Gasteiger partial charge on any atom is -0.481 e. The second kappa shape index (κ2) is 9.92. The van der Waals surface area contributed by atoms with E-state index in [4.69, 9.17) is 28.3 Å². The van der Waals surface area contributed by atoms with E-state index in [0.717, 1.165) is 6.92 Å². The van der Waals surface area contributed by atoms with E-state index >= 15 is 0 Å². The molecular weight excluding hydrogens is 454 g/mol. The lowest BCUT2D eigenvalue weighted by molar-refractivity contribution is -0.178. The van der Waals surface area contributed by atoms with Crippen LogP contribution in [0, 0.1) is 18.8 Å². The lowest BCUT2D eigenvalue weighted by atomic mass is 9.85. The highest BCUT2D eigenvalue weighted by Crippen LogP contribution is 2.39. The Labute approximate surface area is 188 Å². The molecule has 0 spiro atoms. The van der Waals surface area contributed by atoms with Crippen molar-refractivity contribution in [3.8, 4) is 0 Å². The monoisotopic (exact) mass is 475 g/mol. The lowest BCUT2D eigenvalue weighted by Crippen LogP contribution is -2.34. The van der Waals surface area contributed by atoms with Crippen molar-refractivity contribution in [2.24, 2.45) is 11.8 Å². The topological polar surface area (TPSA) is 66.4 Å². The molecule has 0 aliphatic rings. The van der Waals surface area contributed by atoms with Crippen LogP contribution in [0.3, 0.4) is 0 Å². The summed E-state index contributed by atoms with van der Waals surface area (Å²) in [6.07, 6.45) is -4.43. The number of carboxylic acids is 1. The summed E-state index contributed by atoms with van der Waals surface area (Å²) in [7, 11) is 0. The van der Waals surface area contributed by atoms with Crippen molar-refractivity contribution in [1.82, 2.24) is 0 Å². The number of nitrogens with one attached hydrogen (secondary N) is 1. The zero-order valence-electron chi connectivity index (χ0n) is 17.1. The number of amides is 1. The van der Waals surface area contributed by atoms with Crippen LogP contribution in [0.25, 0.3) is 0 Å². The molecular formula is C22H22Cl2F3NO3. The lowest BCUT2D eigenvalue weighted by Gasteiger charge is -2.26. The Hall–Kier alpha value is -2.25. The molecule has 0 aliphatic carbocycles. The number of benzene rings is 2. The molecule has 0 fully saturated rings. The zero-order valence-corrected chi connectivity index (χ0v) is 18.6. The van der Waals surface area contributed by atoms with Crippen LogP contribution in [0.1, 0.15) is 36.5 Å². The molecule has 0 saturated heterocycles. The number of carbonyl (C=O) groups is 2. The third kappa shape index (κ3) is 6.14. The van der Waals surface area contributed by atoms with E-state index in [1.807, 2.05) is 0 Å². The van der Waals surface area contributed by atoms with Crippen molar-refractivity contribution in [1.29, 1.82) is 0 Å². The van der Waals surface area contributed by atoms with E-state index < -0.39 is 35.8 Å². The standard InChI is InChI=1S/C22H22Cl2F3NO3/c1-11(21(30)31)10-15-6-9-17(24)19(12(15)2)28-20(29)18(13(3)22(25,26)27)14-4-7-16(23)8-5-14/h4-9,11,13,18H,10H2,1-3H3,(H,28,29)(H,30,31)/t11-,13?,18-/m0/s1. The molecule has 0 radical (unpaired) electrons. The first-order valence-corrected chi connectivity index (χ1v) is 10.2. The Bertz CT molecular complexity index is 962. The highest BCUT2D eigenvalue weighted by molar-refractivity contribution is 6.34. The van der Waals surface area contributed by atoms with E-state index in [-0.39, 0.29) is 22.7 Å². The Morgan fingerprint density at radius 3 is 2.16 bits per heavy atom. The van der Waals surface area contributed by atoms with Crippen LogP contribution in [-0.2, 0) is 16.0 Å². The van der Waals surface area contributed by atoms with Crippen molar-refractivity contribution in [2.75, 3.05) is 5.32 Å². The highest BCUT2D eigenvalue weighted by Gasteiger charge is 2.45. The van der Waals surface area contributed by atoms with Gasteiger partial charge in [-0.25, -0.2) is 0 Å². The molecule has 0 aromatic heterocycles. The van der Waals surface area contributed by atoms with Gasteiger partial charge < -0.3 is 10.4 Å². The summed E-state index contributed by atoms with van der Waals surface area (Å²) in [5, 5.41) is 12.2. The second-order valence-electron chi connectivity index (χ2n) is 7.50. The Kier molecular flexibility index (Phi) is 8.00. The molecule has 4 nitrogen and oxygen atoms in total. The van der Waals surface area contributed by atoms with Crippen LogP contribution in [0.15, 0.2) is 36.4 Å². The van der Waals surface area contributed by atoms with E-state index in [1.54, 1.807) is 13.0 Å². The molecule has 2 aromatic carbocycles. The number of carboxylic acid groups (broad SMARTS) is 1. The third-order valence-corrected chi connectivity index (χ3v) is 5.82. The number of carbonyl (C=O) groups excluding carboxylic acids is 1. The fourth-order valence-electron chi connectivity index (χ4n) is 3.24. The molecule has 3 atom stereocenters. The quantitative estimate of drug-likeness (QED) is 0.481. The van der Waals surface area contributed by atoms with Gasteiger partial charge in [-0.3, -0.25) is 9.59 Å². The first kappa shape index (κ1) is 25.0. The fraction of sp³-hybridized carbons (Fsp3) is 0.364. The van der Waals surface area contributed by atoms with Gasteiger partial charge in [0.25, 0.3) is 0 Å². The van der Waals surface area contributed by atoms with Crippen LogP contribution < -0.4 is 5.32 Å². The Morgan fingerprint density at radius 2 is 1.65 bits per heavy atom. The normalized spacial score (nSPS) is 14.6. The molecule has 1 amide bonds. The Morgan fingerprint density at radius 1 is 1.06 bits per heavy atom. The molecule has 2 aromatic rings. The summed E-state index contributed by atoms with van der Waals surface area (Å²) in [5.74, 6) is -6.05. The summed E-state index contributed by atoms with van der Waals surface area (Å²) in [5.41, 5.74) is 1.45. The van der Waals surface area contributed by atoms with Gasteiger partial charge >= 0.3 is 12.1 Å². The maximum absolute atomic E-state index is 13.5. The fourth-order valence-corrected chi connectivity index (χ4v) is 3.62. The van der Waals surface area contributed by atoms with Gasteiger partial charge in [-0.1, -0.05) is 55.2 Å². The first-order chi connectivity index (χ1) is 14.3. The number of halogens is 5. The van der Waals surface area contributed by atoms with Gasteiger partial charge in [-0.2, -0.15) is 13.2 Å². The minimum absolute atomic E-state index is 0.145. The molecule has 2 rings (SSSR count). The predicted molar refractivity (Wildman–Crippen MR) is 115 cm³/mol. The molecule has 2 N–H and O–H groups in total. The highest BCUT2D eigenvalue weighted by atomic mass is 35.5. The number of rotatable bonds is 7. The van der Waals surface area contributed by atoms with Crippen LogP contribution in [0.2, 0.25) is 10.0 Å². The summed E-state index contributed by atoms with van der Waals surface area (Å²) in [6, 6.07) is 8.74. The maximum atomic E-state index is 13.5. The molecule has 0 saturated carbocycles. The Balaban J connectivity index is 2.43. The molecule has 0 heterocycles. The van der Waals surface area contributed by atoms with Gasteiger partial charge in [0.2, 0.25) is 5.91 Å². The van der Waals surface area contributed by atoms with Crippen molar-refractivity contribution >= 4 is 40.8 Å². The zero-order chi connectivity index (χ0) is 23.5. The van der Waals surface area contributed by atoms with Gasteiger partial charge in [0.15, 0.2) is 0 Å². The van der Waals surface area contributed by atoms with Crippen molar-refractivity contribution in [3.63, 3.8) is 0 Å². The molecule has 31 heavy (non-hydrogen) atoms. The maximum Gasteiger partial charge on any atom is 0.392 e. The second-order valence-corrected chi connectivity index (χ2v) is 8.34. The van der Waals surface area contributed by atoms with Crippen LogP contribution in [-0.4, -0.2) is 23.2 Å². The van der Waals surface area contributed by atoms with E-state index in [9.17, 15) is 22.8 Å². The van der Waals surface area contributed by atoms with Gasteiger partial charge in [-0.15, -0.1) is 0 Å². The van der Waals surface area contributed by atoms with E-state index in [2.05, 4.69) is 5.32 Å². The number of alkyl halides is 3. The third-order valence-electron chi connectivity index (χ3n) is 5.25. The van der Waals surface area contributed by atoms with Crippen LogP contribution in [0.4, 0.5) is 18.9 Å².